The first-order valence-electron chi connectivity index (χ1n) is 7.35. The molecule has 5 nitrogen and oxygen atoms in total. The Morgan fingerprint density at radius 1 is 1.23 bits per heavy atom. The fourth-order valence-electron chi connectivity index (χ4n) is 2.45. The number of nitrogens with zero attached hydrogens (tertiary/aromatic N) is 3. The van der Waals surface area contributed by atoms with Gasteiger partial charge >= 0.3 is 0 Å². The van der Waals surface area contributed by atoms with Crippen LogP contribution in [0.1, 0.15) is 18.3 Å². The van der Waals surface area contributed by atoms with Crippen molar-refractivity contribution in [1.29, 1.82) is 0 Å². The molecule has 1 unspecified atom stereocenters. The van der Waals surface area contributed by atoms with E-state index in [4.69, 9.17) is 0 Å². The normalized spacial score (nSPS) is 12.1. The maximum Gasteiger partial charge on any atom is 0.137 e. The lowest BCUT2D eigenvalue weighted by molar-refractivity contribution is 0.760. The summed E-state index contributed by atoms with van der Waals surface area (Å²) < 4.78 is 0. The van der Waals surface area contributed by atoms with E-state index in [0.717, 1.165) is 34.8 Å². The van der Waals surface area contributed by atoms with Crippen LogP contribution in [-0.2, 0) is 6.42 Å². The van der Waals surface area contributed by atoms with Crippen LogP contribution in [0.2, 0.25) is 0 Å². The van der Waals surface area contributed by atoms with E-state index in [9.17, 15) is 0 Å². The molecule has 2 heterocycles. The largest absolute Gasteiger partial charge is 0.367 e. The highest BCUT2D eigenvalue weighted by molar-refractivity contribution is 5.74. The minimum absolute atomic E-state index is 0.222. The Hall–Kier alpha value is -2.69. The third-order valence-electron chi connectivity index (χ3n) is 3.45. The van der Waals surface area contributed by atoms with Crippen LogP contribution in [0.3, 0.4) is 0 Å². The van der Waals surface area contributed by atoms with Crippen LogP contribution in [0.25, 0.3) is 11.1 Å². The van der Waals surface area contributed by atoms with Crippen molar-refractivity contribution in [3.05, 3.63) is 60.3 Å². The molecule has 1 atom stereocenters. The van der Waals surface area contributed by atoms with Crippen molar-refractivity contribution in [2.45, 2.75) is 26.3 Å². The van der Waals surface area contributed by atoms with Gasteiger partial charge in [0.15, 0.2) is 0 Å². The molecular weight excluding hydrogens is 274 g/mol. The van der Waals surface area contributed by atoms with E-state index in [1.807, 2.05) is 31.3 Å². The number of aromatic nitrogens is 4. The molecule has 3 aromatic rings. The van der Waals surface area contributed by atoms with Gasteiger partial charge in [-0.25, -0.2) is 9.97 Å². The average molecular weight is 293 g/mol. The molecule has 0 radical (unpaired) electrons. The van der Waals surface area contributed by atoms with Crippen LogP contribution in [0.4, 0.5) is 5.82 Å². The van der Waals surface area contributed by atoms with Crippen molar-refractivity contribution < 1.29 is 0 Å². The highest BCUT2D eigenvalue weighted by Crippen LogP contribution is 2.25. The van der Waals surface area contributed by atoms with Gasteiger partial charge in [-0.1, -0.05) is 30.3 Å². The van der Waals surface area contributed by atoms with Crippen molar-refractivity contribution in [2.75, 3.05) is 5.32 Å². The van der Waals surface area contributed by atoms with Crippen LogP contribution in [0, 0.1) is 6.92 Å². The summed E-state index contributed by atoms with van der Waals surface area (Å²) in [5.74, 6) is 0.848. The molecule has 2 N–H and O–H groups in total. The van der Waals surface area contributed by atoms with Crippen LogP contribution < -0.4 is 5.32 Å². The van der Waals surface area contributed by atoms with Crippen molar-refractivity contribution >= 4 is 5.82 Å². The number of anilines is 1. The van der Waals surface area contributed by atoms with Crippen LogP contribution in [-0.4, -0.2) is 26.2 Å². The molecule has 1 aromatic carbocycles. The lowest BCUT2D eigenvalue weighted by Gasteiger charge is -2.16. The molecule has 0 amide bonds. The summed E-state index contributed by atoms with van der Waals surface area (Å²) in [6, 6.07) is 12.4. The zero-order valence-electron chi connectivity index (χ0n) is 12.7. The third kappa shape index (κ3) is 3.31. The zero-order chi connectivity index (χ0) is 15.4. The molecule has 0 spiro atoms. The zero-order valence-corrected chi connectivity index (χ0v) is 12.7. The minimum Gasteiger partial charge on any atom is -0.367 e. The van der Waals surface area contributed by atoms with Gasteiger partial charge in [0.2, 0.25) is 0 Å². The Balaban J connectivity index is 1.78. The SMILES string of the molecule is Cc1cc(CC(C)Nc2ncncc2-c2ccccc2)n[nH]1. The monoisotopic (exact) mass is 293 g/mol. The highest BCUT2D eigenvalue weighted by Gasteiger charge is 2.11. The molecule has 0 aliphatic rings. The predicted octanol–water partition coefficient (Wildman–Crippen LogP) is 3.22. The topological polar surface area (TPSA) is 66.5 Å². The summed E-state index contributed by atoms with van der Waals surface area (Å²) in [5.41, 5.74) is 4.24. The fraction of sp³-hybridized carbons (Fsp3) is 0.235. The number of benzene rings is 1. The molecule has 0 saturated heterocycles. The molecule has 0 aliphatic heterocycles. The van der Waals surface area contributed by atoms with Gasteiger partial charge in [0, 0.05) is 29.9 Å². The van der Waals surface area contributed by atoms with Gasteiger partial charge in [0.05, 0.1) is 5.69 Å². The van der Waals surface area contributed by atoms with Crippen LogP contribution in [0.15, 0.2) is 48.9 Å². The Morgan fingerprint density at radius 3 is 2.77 bits per heavy atom. The Bertz CT molecular complexity index is 736. The van der Waals surface area contributed by atoms with Crippen molar-refractivity contribution in [3.63, 3.8) is 0 Å². The number of nitrogens with one attached hydrogen (secondary N) is 2. The molecule has 112 valence electrons. The van der Waals surface area contributed by atoms with Gasteiger partial charge in [0.25, 0.3) is 0 Å². The van der Waals surface area contributed by atoms with Gasteiger partial charge in [-0.3, -0.25) is 5.10 Å². The average Bonchev–Trinajstić information content (AvgIpc) is 2.93. The van der Waals surface area contributed by atoms with Gasteiger partial charge < -0.3 is 5.32 Å². The number of aryl methyl sites for hydroxylation is 1. The van der Waals surface area contributed by atoms with E-state index < -0.39 is 0 Å². The van der Waals surface area contributed by atoms with Gasteiger partial charge in [-0.2, -0.15) is 5.10 Å². The predicted molar refractivity (Wildman–Crippen MR) is 87.6 cm³/mol. The molecule has 22 heavy (non-hydrogen) atoms. The van der Waals surface area contributed by atoms with E-state index in [2.05, 4.69) is 50.6 Å². The summed E-state index contributed by atoms with van der Waals surface area (Å²) >= 11 is 0. The number of H-pyrrole nitrogens is 1. The maximum atomic E-state index is 4.39. The van der Waals surface area contributed by atoms with E-state index in [0.29, 0.717) is 0 Å². The maximum absolute atomic E-state index is 4.39. The quantitative estimate of drug-likeness (QED) is 0.758. The standard InChI is InChI=1S/C17H19N5/c1-12(8-15-9-13(2)21-22-15)20-17-16(10-18-11-19-17)14-6-4-3-5-7-14/h3-7,9-12H,8H2,1-2H3,(H,21,22)(H,18,19,20). The number of rotatable bonds is 5. The second-order valence-corrected chi connectivity index (χ2v) is 5.44. The van der Waals surface area contributed by atoms with Gasteiger partial charge in [0.1, 0.15) is 12.1 Å². The van der Waals surface area contributed by atoms with Crippen LogP contribution in [0.5, 0.6) is 0 Å². The molecule has 5 heteroatoms. The fourth-order valence-corrected chi connectivity index (χ4v) is 2.45. The number of hydrogen-bond donors (Lipinski definition) is 2. The van der Waals surface area contributed by atoms with E-state index in [1.54, 1.807) is 6.33 Å². The lowest BCUT2D eigenvalue weighted by atomic mass is 10.1. The van der Waals surface area contributed by atoms with Gasteiger partial charge in [-0.05, 0) is 25.5 Å². The van der Waals surface area contributed by atoms with Crippen LogP contribution >= 0.6 is 0 Å². The third-order valence-corrected chi connectivity index (χ3v) is 3.45. The molecule has 0 aliphatic carbocycles. The first-order chi connectivity index (χ1) is 10.7. The summed E-state index contributed by atoms with van der Waals surface area (Å²) in [4.78, 5) is 8.54. The molecule has 0 saturated carbocycles. The number of hydrogen-bond acceptors (Lipinski definition) is 4. The van der Waals surface area contributed by atoms with E-state index in [1.165, 1.54) is 0 Å². The van der Waals surface area contributed by atoms with E-state index in [-0.39, 0.29) is 6.04 Å². The smallest absolute Gasteiger partial charge is 0.137 e. The summed E-state index contributed by atoms with van der Waals surface area (Å²) in [6.07, 6.45) is 4.25. The molecule has 3 rings (SSSR count). The van der Waals surface area contributed by atoms with Crippen molar-refractivity contribution in [1.82, 2.24) is 20.2 Å². The summed E-state index contributed by atoms with van der Waals surface area (Å²) in [7, 11) is 0. The Kier molecular flexibility index (Phi) is 4.14. The second-order valence-electron chi connectivity index (χ2n) is 5.44. The molecule has 2 aromatic heterocycles. The van der Waals surface area contributed by atoms with Crippen molar-refractivity contribution in [3.8, 4) is 11.1 Å². The second kappa shape index (κ2) is 6.39. The molecule has 0 fully saturated rings. The highest BCUT2D eigenvalue weighted by atomic mass is 15.1. The Morgan fingerprint density at radius 2 is 2.05 bits per heavy atom. The van der Waals surface area contributed by atoms with Crippen molar-refractivity contribution in [2.24, 2.45) is 0 Å². The first kappa shape index (κ1) is 14.3. The van der Waals surface area contributed by atoms with Gasteiger partial charge in [-0.15, -0.1) is 0 Å². The Labute approximate surface area is 129 Å². The minimum atomic E-state index is 0.222. The van der Waals surface area contributed by atoms with E-state index >= 15 is 0 Å². The summed E-state index contributed by atoms with van der Waals surface area (Å²) in [5, 5.41) is 10.7. The molecule has 0 bridgehead atoms. The molecular formula is C17H19N5. The summed E-state index contributed by atoms with van der Waals surface area (Å²) in [6.45, 7) is 4.13. The first-order valence-corrected chi connectivity index (χ1v) is 7.35. The number of aromatic amines is 1. The lowest BCUT2D eigenvalue weighted by Crippen LogP contribution is -2.19.